The Hall–Kier alpha value is -1.11. The summed E-state index contributed by atoms with van der Waals surface area (Å²) < 4.78 is 15.7. The van der Waals surface area contributed by atoms with Crippen molar-refractivity contribution < 1.29 is 28.7 Å². The zero-order valence-corrected chi connectivity index (χ0v) is 12.5. The topological polar surface area (TPSA) is 105 Å². The second-order valence-corrected chi connectivity index (χ2v) is 6.06. The lowest BCUT2D eigenvalue weighted by Gasteiger charge is -2.06. The second-order valence-electron chi connectivity index (χ2n) is 3.51. The molecule has 0 atom stereocenters. The molecule has 0 radical (unpaired) electrons. The number of carbonyl (C=O) groups excluding carboxylic acids is 1. The zero-order chi connectivity index (χ0) is 15.3. The minimum absolute atomic E-state index is 0.257. The molecule has 10 heteroatoms. The number of carbonyl (C=O) groups is 1. The molecule has 0 aliphatic carbocycles. The summed E-state index contributed by atoms with van der Waals surface area (Å²) in [7, 11) is -4.50. The van der Waals surface area contributed by atoms with Crippen LogP contribution in [-0.2, 0) is 14.2 Å². The van der Waals surface area contributed by atoms with Gasteiger partial charge in [-0.2, -0.15) is 0 Å². The number of ether oxygens (including phenoxy) is 1. The van der Waals surface area contributed by atoms with E-state index >= 15 is 0 Å². The van der Waals surface area contributed by atoms with Crippen LogP contribution in [0.2, 0.25) is 10.0 Å². The van der Waals surface area contributed by atoms with E-state index in [2.05, 4.69) is 9.99 Å². The Kier molecular flexibility index (Phi) is 5.98. The Balaban J connectivity index is 2.52. The van der Waals surface area contributed by atoms with Gasteiger partial charge in [-0.05, 0) is 19.1 Å². The number of hydrogen-bond acceptors (Lipinski definition) is 5. The standard InChI is InChI=1S/C10H10Cl2NO6P/c1-6(20(15,16)17)13-19-10(14)5-18-7-2-3-8(11)9(12)4-7/h2-4H,5H2,1H3,(H2,15,16,17). The molecule has 2 N–H and O–H groups in total. The first-order chi connectivity index (χ1) is 9.20. The third-order valence-corrected chi connectivity index (χ3v) is 3.61. The van der Waals surface area contributed by atoms with Crippen LogP contribution >= 0.6 is 30.8 Å². The SMILES string of the molecule is CC(=NOC(=O)COc1ccc(Cl)c(Cl)c1)P(=O)(O)O. The average molecular weight is 342 g/mol. The van der Waals surface area contributed by atoms with E-state index < -0.39 is 25.6 Å². The monoisotopic (exact) mass is 341 g/mol. The van der Waals surface area contributed by atoms with Gasteiger partial charge < -0.3 is 19.4 Å². The van der Waals surface area contributed by atoms with Crippen molar-refractivity contribution in [3.05, 3.63) is 28.2 Å². The summed E-state index contributed by atoms with van der Waals surface area (Å²) in [5.74, 6) is -0.643. The van der Waals surface area contributed by atoms with E-state index in [0.29, 0.717) is 5.02 Å². The molecule has 1 aromatic rings. The van der Waals surface area contributed by atoms with Gasteiger partial charge in [0, 0.05) is 6.07 Å². The number of benzene rings is 1. The van der Waals surface area contributed by atoms with Crippen LogP contribution in [0.3, 0.4) is 0 Å². The van der Waals surface area contributed by atoms with Crippen molar-refractivity contribution in [2.75, 3.05) is 6.61 Å². The summed E-state index contributed by atoms with van der Waals surface area (Å²) in [6.07, 6.45) is 0. The number of hydrogen-bond donors (Lipinski definition) is 2. The van der Waals surface area contributed by atoms with Gasteiger partial charge in [0.1, 0.15) is 5.75 Å². The van der Waals surface area contributed by atoms with Crippen LogP contribution in [0, 0.1) is 0 Å². The molecule has 0 aliphatic heterocycles. The summed E-state index contributed by atoms with van der Waals surface area (Å²) in [4.78, 5) is 32.9. The molecule has 0 heterocycles. The molecule has 0 amide bonds. The smallest absolute Gasteiger partial charge is 0.373 e. The highest BCUT2D eigenvalue weighted by molar-refractivity contribution is 7.70. The van der Waals surface area contributed by atoms with Crippen LogP contribution in [0.15, 0.2) is 23.4 Å². The van der Waals surface area contributed by atoms with E-state index in [1.165, 1.54) is 18.2 Å². The predicted molar refractivity (Wildman–Crippen MR) is 73.2 cm³/mol. The first-order valence-corrected chi connectivity index (χ1v) is 7.45. The maximum absolute atomic E-state index is 11.2. The molecule has 0 aliphatic rings. The molecule has 0 aromatic heterocycles. The number of rotatable bonds is 5. The first kappa shape index (κ1) is 16.9. The highest BCUT2D eigenvalue weighted by Gasteiger charge is 2.19. The molecule has 110 valence electrons. The molecule has 0 saturated heterocycles. The molecule has 0 saturated carbocycles. The molecule has 1 aromatic carbocycles. The normalized spacial score (nSPS) is 12.2. The minimum Gasteiger partial charge on any atom is -0.482 e. The lowest BCUT2D eigenvalue weighted by atomic mass is 10.3. The summed E-state index contributed by atoms with van der Waals surface area (Å²) in [5.41, 5.74) is -0.611. The molecular formula is C10H10Cl2NO6P. The van der Waals surface area contributed by atoms with Crippen LogP contribution in [0.25, 0.3) is 0 Å². The Morgan fingerprint density at radius 3 is 2.55 bits per heavy atom. The predicted octanol–water partition coefficient (Wildman–Crippen LogP) is 2.43. The highest BCUT2D eigenvalue weighted by atomic mass is 35.5. The molecule has 0 fully saturated rings. The van der Waals surface area contributed by atoms with Gasteiger partial charge in [-0.25, -0.2) is 4.79 Å². The number of halogens is 2. The molecular weight excluding hydrogens is 332 g/mol. The van der Waals surface area contributed by atoms with Gasteiger partial charge in [-0.15, -0.1) is 0 Å². The van der Waals surface area contributed by atoms with E-state index in [0.717, 1.165) is 6.92 Å². The maximum atomic E-state index is 11.2. The summed E-state index contributed by atoms with van der Waals surface area (Å²) in [6.45, 7) is 0.532. The van der Waals surface area contributed by atoms with E-state index in [1.54, 1.807) is 0 Å². The fraction of sp³-hybridized carbons (Fsp3) is 0.200. The van der Waals surface area contributed by atoms with Crippen molar-refractivity contribution in [2.45, 2.75) is 6.92 Å². The maximum Gasteiger partial charge on any atom is 0.373 e. The largest absolute Gasteiger partial charge is 0.482 e. The molecule has 1 rings (SSSR count). The molecule has 0 spiro atoms. The number of nitrogens with zero attached hydrogens (tertiary/aromatic N) is 1. The first-order valence-electron chi connectivity index (χ1n) is 5.08. The van der Waals surface area contributed by atoms with Crippen molar-refractivity contribution in [3.63, 3.8) is 0 Å². The lowest BCUT2D eigenvalue weighted by molar-refractivity contribution is -0.145. The molecule has 20 heavy (non-hydrogen) atoms. The van der Waals surface area contributed by atoms with Crippen LogP contribution in [-0.4, -0.2) is 27.8 Å². The summed E-state index contributed by atoms with van der Waals surface area (Å²) in [6, 6.07) is 4.38. The van der Waals surface area contributed by atoms with Crippen LogP contribution in [0.4, 0.5) is 0 Å². The molecule has 0 bridgehead atoms. The van der Waals surface area contributed by atoms with Crippen LogP contribution in [0.5, 0.6) is 5.75 Å². The van der Waals surface area contributed by atoms with Gasteiger partial charge in [-0.3, -0.25) is 4.57 Å². The fourth-order valence-corrected chi connectivity index (χ4v) is 1.34. The van der Waals surface area contributed by atoms with E-state index in [1.807, 2.05) is 0 Å². The van der Waals surface area contributed by atoms with Gasteiger partial charge in [0.2, 0.25) is 0 Å². The van der Waals surface area contributed by atoms with Crippen molar-refractivity contribution in [1.82, 2.24) is 0 Å². The van der Waals surface area contributed by atoms with Crippen LogP contribution < -0.4 is 4.74 Å². The van der Waals surface area contributed by atoms with Crippen molar-refractivity contribution in [3.8, 4) is 5.75 Å². The van der Waals surface area contributed by atoms with Crippen molar-refractivity contribution in [2.24, 2.45) is 5.16 Å². The van der Waals surface area contributed by atoms with Gasteiger partial charge in [0.25, 0.3) is 0 Å². The Labute approximate surface area is 124 Å². The number of oxime groups is 1. The Bertz CT molecular complexity index is 585. The van der Waals surface area contributed by atoms with Crippen LogP contribution in [0.1, 0.15) is 6.92 Å². The third kappa shape index (κ3) is 5.48. The van der Waals surface area contributed by atoms with Gasteiger partial charge in [0.05, 0.1) is 10.0 Å². The van der Waals surface area contributed by atoms with E-state index in [4.69, 9.17) is 37.7 Å². The Morgan fingerprint density at radius 2 is 2.00 bits per heavy atom. The average Bonchev–Trinajstić information content (AvgIpc) is 2.36. The fourth-order valence-electron chi connectivity index (χ4n) is 0.905. The third-order valence-electron chi connectivity index (χ3n) is 1.95. The van der Waals surface area contributed by atoms with E-state index in [-0.39, 0.29) is 10.8 Å². The molecule has 0 unspecified atom stereocenters. The van der Waals surface area contributed by atoms with Gasteiger partial charge >= 0.3 is 13.6 Å². The summed E-state index contributed by atoms with van der Waals surface area (Å²) in [5, 5.41) is 3.61. The van der Waals surface area contributed by atoms with Crippen molar-refractivity contribution in [1.29, 1.82) is 0 Å². The van der Waals surface area contributed by atoms with Crippen molar-refractivity contribution >= 4 is 42.2 Å². The molecule has 7 nitrogen and oxygen atoms in total. The highest BCUT2D eigenvalue weighted by Crippen LogP contribution is 2.36. The lowest BCUT2D eigenvalue weighted by Crippen LogP contribution is -2.13. The zero-order valence-electron chi connectivity index (χ0n) is 10.1. The minimum atomic E-state index is -4.50. The van der Waals surface area contributed by atoms with Gasteiger partial charge in [0.15, 0.2) is 12.1 Å². The second kappa shape index (κ2) is 7.06. The van der Waals surface area contributed by atoms with E-state index in [9.17, 15) is 9.36 Å². The van der Waals surface area contributed by atoms with Gasteiger partial charge in [-0.1, -0.05) is 28.4 Å². The summed E-state index contributed by atoms with van der Waals surface area (Å²) >= 11 is 11.4. The quantitative estimate of drug-likeness (QED) is 0.368. The Morgan fingerprint density at radius 1 is 1.35 bits per heavy atom.